The van der Waals surface area contributed by atoms with Gasteiger partial charge in [-0.3, -0.25) is 14.5 Å². The molecule has 1 atom stereocenters. The summed E-state index contributed by atoms with van der Waals surface area (Å²) in [6.45, 7) is 2.85. The SMILES string of the molecule is C[C@H](C(=O)N1CC(=O)Nc2ccccc21)N1CCCc2ccccc21. The van der Waals surface area contributed by atoms with E-state index < -0.39 is 0 Å². The van der Waals surface area contributed by atoms with Gasteiger partial charge in [-0.1, -0.05) is 30.3 Å². The standard InChI is InChI=1S/C20H21N3O2/c1-14(22-12-6-8-15-7-2-4-10-17(15)22)20(25)23-13-19(24)21-16-9-3-5-11-18(16)23/h2-5,7,9-11,14H,6,8,12-13H2,1H3,(H,21,24)/t14-/m1/s1. The minimum atomic E-state index is -0.319. The van der Waals surface area contributed by atoms with Crippen LogP contribution in [-0.2, 0) is 16.0 Å². The first kappa shape index (κ1) is 15.7. The third-order valence-electron chi connectivity index (χ3n) is 5.01. The average molecular weight is 335 g/mol. The molecule has 0 unspecified atom stereocenters. The van der Waals surface area contributed by atoms with Gasteiger partial charge in [0.15, 0.2) is 0 Å². The van der Waals surface area contributed by atoms with Crippen LogP contribution in [0.4, 0.5) is 17.1 Å². The highest BCUT2D eigenvalue weighted by atomic mass is 16.2. The summed E-state index contributed by atoms with van der Waals surface area (Å²) in [7, 11) is 0. The van der Waals surface area contributed by atoms with Crippen molar-refractivity contribution >= 4 is 28.9 Å². The lowest BCUT2D eigenvalue weighted by Gasteiger charge is -2.38. The number of anilines is 3. The molecule has 0 aromatic heterocycles. The van der Waals surface area contributed by atoms with E-state index in [1.807, 2.05) is 43.3 Å². The topological polar surface area (TPSA) is 52.7 Å². The zero-order valence-corrected chi connectivity index (χ0v) is 14.2. The van der Waals surface area contributed by atoms with E-state index in [0.717, 1.165) is 30.8 Å². The molecule has 2 aliphatic heterocycles. The van der Waals surface area contributed by atoms with E-state index in [1.165, 1.54) is 5.56 Å². The van der Waals surface area contributed by atoms with Crippen LogP contribution in [0.2, 0.25) is 0 Å². The molecule has 2 aromatic carbocycles. The first-order valence-corrected chi connectivity index (χ1v) is 8.70. The molecule has 2 aromatic rings. The second-order valence-electron chi connectivity index (χ2n) is 6.59. The quantitative estimate of drug-likeness (QED) is 0.918. The van der Waals surface area contributed by atoms with Gasteiger partial charge in [0.2, 0.25) is 11.8 Å². The maximum absolute atomic E-state index is 13.2. The fourth-order valence-corrected chi connectivity index (χ4v) is 3.75. The van der Waals surface area contributed by atoms with Gasteiger partial charge in [-0.05, 0) is 43.5 Å². The molecular formula is C20H21N3O2. The molecule has 2 amide bonds. The molecule has 128 valence electrons. The molecule has 2 heterocycles. The smallest absolute Gasteiger partial charge is 0.249 e. The van der Waals surface area contributed by atoms with Gasteiger partial charge in [-0.15, -0.1) is 0 Å². The lowest BCUT2D eigenvalue weighted by molar-refractivity contribution is -0.122. The number of rotatable bonds is 2. The predicted molar refractivity (Wildman–Crippen MR) is 99.0 cm³/mol. The summed E-state index contributed by atoms with van der Waals surface area (Å²) in [5, 5.41) is 2.83. The van der Waals surface area contributed by atoms with Gasteiger partial charge in [0, 0.05) is 12.2 Å². The highest BCUT2D eigenvalue weighted by Gasteiger charge is 2.33. The van der Waals surface area contributed by atoms with E-state index in [-0.39, 0.29) is 24.4 Å². The van der Waals surface area contributed by atoms with Gasteiger partial charge < -0.3 is 10.2 Å². The van der Waals surface area contributed by atoms with Crippen molar-refractivity contribution in [3.63, 3.8) is 0 Å². The lowest BCUT2D eigenvalue weighted by atomic mass is 10.00. The maximum atomic E-state index is 13.2. The van der Waals surface area contributed by atoms with Crippen molar-refractivity contribution in [2.24, 2.45) is 0 Å². The Balaban J connectivity index is 1.65. The largest absolute Gasteiger partial charge is 0.360 e. The van der Waals surface area contributed by atoms with Crippen molar-refractivity contribution in [3.8, 4) is 0 Å². The van der Waals surface area contributed by atoms with Crippen LogP contribution in [-0.4, -0.2) is 30.9 Å². The second kappa shape index (κ2) is 6.24. The third-order valence-corrected chi connectivity index (χ3v) is 5.01. The Morgan fingerprint density at radius 2 is 1.80 bits per heavy atom. The molecule has 0 saturated heterocycles. The Morgan fingerprint density at radius 1 is 1.08 bits per heavy atom. The van der Waals surface area contributed by atoms with Crippen LogP contribution in [0, 0.1) is 0 Å². The highest BCUT2D eigenvalue weighted by Crippen LogP contribution is 2.32. The fraction of sp³-hybridized carbons (Fsp3) is 0.300. The van der Waals surface area contributed by atoms with Crippen LogP contribution in [0.5, 0.6) is 0 Å². The van der Waals surface area contributed by atoms with Crippen LogP contribution in [0.25, 0.3) is 0 Å². The summed E-state index contributed by atoms with van der Waals surface area (Å²) in [5.74, 6) is -0.197. The summed E-state index contributed by atoms with van der Waals surface area (Å²) in [4.78, 5) is 29.0. The minimum Gasteiger partial charge on any atom is -0.360 e. The maximum Gasteiger partial charge on any atom is 0.249 e. The molecule has 1 N–H and O–H groups in total. The molecule has 0 bridgehead atoms. The molecule has 4 rings (SSSR count). The van der Waals surface area contributed by atoms with Gasteiger partial charge in [-0.2, -0.15) is 0 Å². The summed E-state index contributed by atoms with van der Waals surface area (Å²) in [6, 6.07) is 15.4. The van der Waals surface area contributed by atoms with Crippen molar-refractivity contribution in [2.75, 3.05) is 28.2 Å². The summed E-state index contributed by atoms with van der Waals surface area (Å²) < 4.78 is 0. The first-order valence-electron chi connectivity index (χ1n) is 8.70. The molecule has 0 radical (unpaired) electrons. The Kier molecular flexibility index (Phi) is 3.92. The van der Waals surface area contributed by atoms with Crippen molar-refractivity contribution in [2.45, 2.75) is 25.8 Å². The van der Waals surface area contributed by atoms with Gasteiger partial charge in [0.25, 0.3) is 0 Å². The van der Waals surface area contributed by atoms with Crippen LogP contribution in [0.15, 0.2) is 48.5 Å². The molecule has 2 aliphatic rings. The van der Waals surface area contributed by atoms with Gasteiger partial charge in [0.05, 0.1) is 11.4 Å². The average Bonchev–Trinajstić information content (AvgIpc) is 2.65. The number of hydrogen-bond acceptors (Lipinski definition) is 3. The molecule has 0 saturated carbocycles. The van der Waals surface area contributed by atoms with E-state index in [0.29, 0.717) is 5.69 Å². The molecule has 25 heavy (non-hydrogen) atoms. The van der Waals surface area contributed by atoms with E-state index in [4.69, 9.17) is 0 Å². The first-order chi connectivity index (χ1) is 12.1. The van der Waals surface area contributed by atoms with Crippen molar-refractivity contribution in [3.05, 3.63) is 54.1 Å². The van der Waals surface area contributed by atoms with Crippen LogP contribution >= 0.6 is 0 Å². The monoisotopic (exact) mass is 335 g/mol. The summed E-state index contributed by atoms with van der Waals surface area (Å²) >= 11 is 0. The number of fused-ring (bicyclic) bond motifs is 2. The number of amides is 2. The van der Waals surface area contributed by atoms with Crippen LogP contribution in [0.1, 0.15) is 18.9 Å². The number of nitrogens with zero attached hydrogens (tertiary/aromatic N) is 2. The van der Waals surface area contributed by atoms with Crippen molar-refractivity contribution in [1.29, 1.82) is 0 Å². The predicted octanol–water partition coefficient (Wildman–Crippen LogP) is 2.81. The number of para-hydroxylation sites is 3. The summed E-state index contributed by atoms with van der Waals surface area (Å²) in [6.07, 6.45) is 2.08. The number of carbonyl (C=O) groups excluding carboxylic acids is 2. The van der Waals surface area contributed by atoms with Crippen molar-refractivity contribution < 1.29 is 9.59 Å². The third kappa shape index (κ3) is 2.76. The van der Waals surface area contributed by atoms with E-state index in [1.54, 1.807) is 4.90 Å². The minimum absolute atomic E-state index is 0.0426. The second-order valence-corrected chi connectivity index (χ2v) is 6.59. The molecule has 0 fully saturated rings. The number of nitrogens with one attached hydrogen (secondary N) is 1. The molecule has 5 heteroatoms. The Bertz CT molecular complexity index is 833. The van der Waals surface area contributed by atoms with E-state index in [2.05, 4.69) is 22.3 Å². The van der Waals surface area contributed by atoms with Gasteiger partial charge in [0.1, 0.15) is 12.6 Å². The highest BCUT2D eigenvalue weighted by molar-refractivity contribution is 6.11. The number of carbonyl (C=O) groups is 2. The van der Waals surface area contributed by atoms with Crippen LogP contribution in [0.3, 0.4) is 0 Å². The lowest BCUT2D eigenvalue weighted by Crippen LogP contribution is -2.52. The summed E-state index contributed by atoms with van der Waals surface area (Å²) in [5.41, 5.74) is 3.87. The van der Waals surface area contributed by atoms with Crippen molar-refractivity contribution in [1.82, 2.24) is 0 Å². The van der Waals surface area contributed by atoms with Gasteiger partial charge in [-0.25, -0.2) is 0 Å². The number of hydrogen-bond donors (Lipinski definition) is 1. The van der Waals surface area contributed by atoms with Crippen LogP contribution < -0.4 is 15.1 Å². The normalized spacial score (nSPS) is 17.4. The Hall–Kier alpha value is -2.82. The van der Waals surface area contributed by atoms with E-state index in [9.17, 15) is 9.59 Å². The Labute approximate surface area is 147 Å². The number of benzene rings is 2. The zero-order chi connectivity index (χ0) is 17.4. The molecule has 0 aliphatic carbocycles. The van der Waals surface area contributed by atoms with Gasteiger partial charge >= 0.3 is 0 Å². The van der Waals surface area contributed by atoms with E-state index >= 15 is 0 Å². The molecular weight excluding hydrogens is 314 g/mol. The molecule has 0 spiro atoms. The Morgan fingerprint density at radius 3 is 2.64 bits per heavy atom. The zero-order valence-electron chi connectivity index (χ0n) is 14.2. The molecule has 5 nitrogen and oxygen atoms in total. The fourth-order valence-electron chi connectivity index (χ4n) is 3.75. The number of aryl methyl sites for hydroxylation is 1.